The highest BCUT2D eigenvalue weighted by atomic mass is 79.9. The standard InChI is InChI=1S/C22H15BrClFN4O/c1-13-18(24)3-2-4-19(13)29-21(14-5-9-16(25)10-6-14)27-20(28-29)22(30)26-17-11-7-15(23)8-12-17/h2-12H,1H3,(H,26,30). The fourth-order valence-electron chi connectivity index (χ4n) is 2.91. The number of hydrogen-bond acceptors (Lipinski definition) is 3. The minimum atomic E-state index is -0.459. The summed E-state index contributed by atoms with van der Waals surface area (Å²) in [6.07, 6.45) is 0. The lowest BCUT2D eigenvalue weighted by Crippen LogP contribution is -2.14. The van der Waals surface area contributed by atoms with Gasteiger partial charge >= 0.3 is 0 Å². The number of nitrogens with one attached hydrogen (secondary N) is 1. The van der Waals surface area contributed by atoms with E-state index in [1.807, 2.05) is 25.1 Å². The first-order valence-corrected chi connectivity index (χ1v) is 10.1. The molecule has 30 heavy (non-hydrogen) atoms. The zero-order valence-electron chi connectivity index (χ0n) is 15.7. The van der Waals surface area contributed by atoms with Crippen molar-refractivity contribution in [3.8, 4) is 17.1 Å². The van der Waals surface area contributed by atoms with Crippen LogP contribution in [0.2, 0.25) is 5.02 Å². The third-order valence-electron chi connectivity index (χ3n) is 4.48. The van der Waals surface area contributed by atoms with E-state index < -0.39 is 5.91 Å². The fourth-order valence-corrected chi connectivity index (χ4v) is 3.34. The summed E-state index contributed by atoms with van der Waals surface area (Å²) in [4.78, 5) is 17.2. The minimum Gasteiger partial charge on any atom is -0.319 e. The molecule has 1 amide bonds. The molecule has 5 nitrogen and oxygen atoms in total. The van der Waals surface area contributed by atoms with Crippen LogP contribution in [0.4, 0.5) is 10.1 Å². The number of carbonyl (C=O) groups excluding carboxylic acids is 1. The van der Waals surface area contributed by atoms with Crippen LogP contribution in [0.25, 0.3) is 17.1 Å². The van der Waals surface area contributed by atoms with Gasteiger partial charge in [-0.3, -0.25) is 4.79 Å². The third kappa shape index (κ3) is 4.13. The van der Waals surface area contributed by atoms with Gasteiger partial charge in [-0.1, -0.05) is 33.6 Å². The summed E-state index contributed by atoms with van der Waals surface area (Å²) in [7, 11) is 0. The number of benzene rings is 3. The second-order valence-electron chi connectivity index (χ2n) is 6.52. The van der Waals surface area contributed by atoms with Crippen molar-refractivity contribution in [3.05, 3.63) is 93.4 Å². The number of hydrogen-bond donors (Lipinski definition) is 1. The summed E-state index contributed by atoms with van der Waals surface area (Å²) in [6, 6.07) is 18.4. The Morgan fingerprint density at radius 2 is 1.77 bits per heavy atom. The molecule has 0 saturated carbocycles. The molecule has 0 unspecified atom stereocenters. The largest absolute Gasteiger partial charge is 0.319 e. The van der Waals surface area contributed by atoms with E-state index in [1.165, 1.54) is 12.1 Å². The highest BCUT2D eigenvalue weighted by molar-refractivity contribution is 9.10. The first-order valence-electron chi connectivity index (χ1n) is 8.98. The van der Waals surface area contributed by atoms with Gasteiger partial charge < -0.3 is 5.32 Å². The summed E-state index contributed by atoms with van der Waals surface area (Å²) in [5.41, 5.74) is 2.69. The Labute approximate surface area is 185 Å². The van der Waals surface area contributed by atoms with Crippen LogP contribution in [0.1, 0.15) is 16.2 Å². The molecule has 0 saturated heterocycles. The van der Waals surface area contributed by atoms with Gasteiger partial charge in [-0.15, -0.1) is 5.10 Å². The average Bonchev–Trinajstić information content (AvgIpc) is 3.17. The second-order valence-corrected chi connectivity index (χ2v) is 7.85. The lowest BCUT2D eigenvalue weighted by molar-refractivity contribution is 0.101. The quantitative estimate of drug-likeness (QED) is 0.383. The molecule has 4 rings (SSSR count). The van der Waals surface area contributed by atoms with E-state index in [1.54, 1.807) is 41.1 Å². The summed E-state index contributed by atoms with van der Waals surface area (Å²) < 4.78 is 15.9. The van der Waals surface area contributed by atoms with Crippen molar-refractivity contribution >= 4 is 39.1 Å². The van der Waals surface area contributed by atoms with Crippen molar-refractivity contribution < 1.29 is 9.18 Å². The number of rotatable bonds is 4. The Bertz CT molecular complexity index is 1220. The van der Waals surface area contributed by atoms with Gasteiger partial charge in [0.25, 0.3) is 5.91 Å². The number of halogens is 3. The predicted octanol–water partition coefficient (Wildman–Crippen LogP) is 6.05. The zero-order chi connectivity index (χ0) is 21.3. The first-order chi connectivity index (χ1) is 14.4. The molecule has 0 aliphatic heterocycles. The maximum absolute atomic E-state index is 13.4. The summed E-state index contributed by atoms with van der Waals surface area (Å²) in [5, 5.41) is 7.77. The van der Waals surface area contributed by atoms with E-state index in [0.29, 0.717) is 27.8 Å². The first kappa shape index (κ1) is 20.3. The van der Waals surface area contributed by atoms with Crippen LogP contribution in [0.3, 0.4) is 0 Å². The Morgan fingerprint density at radius 1 is 1.07 bits per heavy atom. The molecule has 150 valence electrons. The number of aromatic nitrogens is 3. The maximum atomic E-state index is 13.4. The van der Waals surface area contributed by atoms with Gasteiger partial charge in [0.15, 0.2) is 5.82 Å². The smallest absolute Gasteiger partial charge is 0.295 e. The molecule has 0 aliphatic carbocycles. The fraction of sp³-hybridized carbons (Fsp3) is 0.0455. The van der Waals surface area contributed by atoms with Gasteiger partial charge in [0, 0.05) is 20.7 Å². The lowest BCUT2D eigenvalue weighted by atomic mass is 10.1. The molecular weight excluding hydrogens is 471 g/mol. The van der Waals surface area contributed by atoms with Crippen LogP contribution < -0.4 is 5.32 Å². The molecule has 3 aromatic carbocycles. The van der Waals surface area contributed by atoms with Crippen LogP contribution >= 0.6 is 27.5 Å². The van der Waals surface area contributed by atoms with Crippen LogP contribution in [-0.2, 0) is 0 Å². The highest BCUT2D eigenvalue weighted by Gasteiger charge is 2.20. The van der Waals surface area contributed by atoms with Gasteiger partial charge in [-0.2, -0.15) is 0 Å². The topological polar surface area (TPSA) is 59.8 Å². The van der Waals surface area contributed by atoms with E-state index in [0.717, 1.165) is 10.0 Å². The summed E-state index contributed by atoms with van der Waals surface area (Å²) in [6.45, 7) is 1.86. The van der Waals surface area contributed by atoms with Gasteiger partial charge in [0.2, 0.25) is 5.82 Å². The Hall–Kier alpha value is -3.03. The zero-order valence-corrected chi connectivity index (χ0v) is 18.1. The molecule has 0 radical (unpaired) electrons. The summed E-state index contributed by atoms with van der Waals surface area (Å²) >= 11 is 9.64. The SMILES string of the molecule is Cc1c(Cl)cccc1-n1nc(C(=O)Nc2ccc(Br)cc2)nc1-c1ccc(F)cc1. The van der Waals surface area contributed by atoms with Crippen molar-refractivity contribution in [1.82, 2.24) is 14.8 Å². The van der Waals surface area contributed by atoms with E-state index in [2.05, 4.69) is 31.3 Å². The molecule has 1 aromatic heterocycles. The van der Waals surface area contributed by atoms with Gasteiger partial charge in [0.1, 0.15) is 5.82 Å². The van der Waals surface area contributed by atoms with Crippen LogP contribution in [0.15, 0.2) is 71.2 Å². The van der Waals surface area contributed by atoms with E-state index in [4.69, 9.17) is 11.6 Å². The molecule has 0 bridgehead atoms. The van der Waals surface area contributed by atoms with Crippen LogP contribution in [0.5, 0.6) is 0 Å². The number of nitrogens with zero attached hydrogens (tertiary/aromatic N) is 3. The van der Waals surface area contributed by atoms with Crippen molar-refractivity contribution in [1.29, 1.82) is 0 Å². The maximum Gasteiger partial charge on any atom is 0.295 e. The highest BCUT2D eigenvalue weighted by Crippen LogP contribution is 2.27. The Kier molecular flexibility index (Phi) is 5.65. The lowest BCUT2D eigenvalue weighted by Gasteiger charge is -2.10. The van der Waals surface area contributed by atoms with Crippen molar-refractivity contribution in [2.75, 3.05) is 5.32 Å². The van der Waals surface area contributed by atoms with Gasteiger partial charge in [-0.05, 0) is 73.2 Å². The monoisotopic (exact) mass is 484 g/mol. The number of amides is 1. The average molecular weight is 486 g/mol. The molecule has 0 atom stereocenters. The molecule has 0 fully saturated rings. The molecular formula is C22H15BrClFN4O. The number of anilines is 1. The Balaban J connectivity index is 1.79. The van der Waals surface area contributed by atoms with Crippen molar-refractivity contribution in [2.45, 2.75) is 6.92 Å². The minimum absolute atomic E-state index is 0.0170. The Morgan fingerprint density at radius 3 is 2.47 bits per heavy atom. The van der Waals surface area contributed by atoms with Crippen LogP contribution in [-0.4, -0.2) is 20.7 Å². The molecule has 0 aliphatic rings. The molecule has 0 spiro atoms. The third-order valence-corrected chi connectivity index (χ3v) is 5.42. The van der Waals surface area contributed by atoms with Gasteiger partial charge in [-0.25, -0.2) is 14.1 Å². The van der Waals surface area contributed by atoms with E-state index >= 15 is 0 Å². The van der Waals surface area contributed by atoms with Crippen molar-refractivity contribution in [3.63, 3.8) is 0 Å². The molecule has 1 N–H and O–H groups in total. The molecule has 1 heterocycles. The van der Waals surface area contributed by atoms with E-state index in [-0.39, 0.29) is 11.6 Å². The van der Waals surface area contributed by atoms with Crippen molar-refractivity contribution in [2.24, 2.45) is 0 Å². The second kappa shape index (κ2) is 8.38. The van der Waals surface area contributed by atoms with Gasteiger partial charge in [0.05, 0.1) is 5.69 Å². The normalized spacial score (nSPS) is 10.8. The molecule has 8 heteroatoms. The molecule has 4 aromatic rings. The summed E-state index contributed by atoms with van der Waals surface area (Å²) in [5.74, 6) is -0.436. The predicted molar refractivity (Wildman–Crippen MR) is 119 cm³/mol. The van der Waals surface area contributed by atoms with E-state index in [9.17, 15) is 9.18 Å². The van der Waals surface area contributed by atoms with Crippen LogP contribution in [0, 0.1) is 12.7 Å². The number of carbonyl (C=O) groups is 1.